The standard InChI is InChI=1S/C3H8Cl4Si2.C2H6Cl4Si2/c1-3(8-4)2-9(5,6)7;3-7-1-2-8(4,5)6/h3H,2,8H2,1H3;1-2,7H2. The fraction of sp³-hybridized carbons (Fsp3) is 1.00. The second kappa shape index (κ2) is 11.8. The fourth-order valence-electron chi connectivity index (χ4n) is 0.717. The van der Waals surface area contributed by atoms with Gasteiger partial charge in [-0.3, -0.25) is 0 Å². The van der Waals surface area contributed by atoms with Crippen LogP contribution in [0.25, 0.3) is 0 Å². The minimum atomic E-state index is -2.37. The minimum absolute atomic E-state index is 0.412. The normalized spacial score (nSPS) is 15.4. The average molecular weight is 470 g/mol. The fourth-order valence-corrected chi connectivity index (χ4v) is 15.2. The van der Waals surface area contributed by atoms with Gasteiger partial charge in [-0.05, 0) is 23.7 Å². The summed E-state index contributed by atoms with van der Waals surface area (Å²) in [6, 6.07) is -2.29. The van der Waals surface area contributed by atoms with E-state index in [1.165, 1.54) is 0 Å². The van der Waals surface area contributed by atoms with E-state index in [1.807, 2.05) is 6.92 Å². The number of rotatable bonds is 6. The molecule has 0 heterocycles. The second-order valence-electron chi connectivity index (χ2n) is 3.49. The third-order valence-corrected chi connectivity index (χ3v) is 11.7. The zero-order valence-electron chi connectivity index (χ0n) is 9.14. The van der Waals surface area contributed by atoms with Crippen LogP contribution in [0, 0.1) is 0 Å². The van der Waals surface area contributed by atoms with E-state index in [0.717, 1.165) is 12.1 Å². The molecule has 1 atom stereocenters. The molecular formula is C5H14Cl8Si4. The summed E-state index contributed by atoms with van der Waals surface area (Å²) in [5, 5.41) is 0. The maximum Gasteiger partial charge on any atom is 0.341 e. The van der Waals surface area contributed by atoms with Crippen LogP contribution in [-0.2, 0) is 0 Å². The van der Waals surface area contributed by atoms with Crippen LogP contribution >= 0.6 is 88.6 Å². The van der Waals surface area contributed by atoms with Gasteiger partial charge in [-0.1, -0.05) is 6.92 Å². The van der Waals surface area contributed by atoms with Crippen molar-refractivity contribution in [3.63, 3.8) is 0 Å². The second-order valence-corrected chi connectivity index (χ2v) is 26.8. The van der Waals surface area contributed by atoms with Crippen LogP contribution in [0.15, 0.2) is 0 Å². The van der Waals surface area contributed by atoms with Gasteiger partial charge in [0.2, 0.25) is 0 Å². The third-order valence-electron chi connectivity index (χ3n) is 1.44. The highest BCUT2D eigenvalue weighted by Gasteiger charge is 2.27. The first-order valence-electron chi connectivity index (χ1n) is 4.77. The zero-order chi connectivity index (χ0) is 14.1. The molecule has 0 aliphatic heterocycles. The van der Waals surface area contributed by atoms with Gasteiger partial charge in [0.05, 0.1) is 0 Å². The lowest BCUT2D eigenvalue weighted by atomic mass is 10.6. The molecule has 12 heteroatoms. The maximum atomic E-state index is 5.64. The Morgan fingerprint density at radius 2 is 1.41 bits per heavy atom. The molecule has 0 rings (SSSR count). The predicted octanol–water partition coefficient (Wildman–Crippen LogP) is 5.16. The van der Waals surface area contributed by atoms with Gasteiger partial charge in [0.15, 0.2) is 0 Å². The van der Waals surface area contributed by atoms with Crippen molar-refractivity contribution < 1.29 is 0 Å². The summed E-state index contributed by atoms with van der Waals surface area (Å²) in [5.74, 6) is 0. The molecule has 0 aromatic carbocycles. The van der Waals surface area contributed by atoms with Gasteiger partial charge in [-0.2, -0.15) is 22.2 Å². The van der Waals surface area contributed by atoms with E-state index in [2.05, 4.69) is 0 Å². The predicted molar refractivity (Wildman–Crippen MR) is 99.3 cm³/mol. The number of halogens is 8. The summed E-state index contributed by atoms with van der Waals surface area (Å²) in [7, 11) is -0.900. The summed E-state index contributed by atoms with van der Waals surface area (Å²) in [4.78, 5) is 0. The summed E-state index contributed by atoms with van der Waals surface area (Å²) < 4.78 is 0. The van der Waals surface area contributed by atoms with Crippen molar-refractivity contribution in [3.05, 3.63) is 0 Å². The number of hydrogen-bond donors (Lipinski definition) is 0. The Labute approximate surface area is 147 Å². The maximum absolute atomic E-state index is 5.64. The molecule has 0 aliphatic carbocycles. The molecule has 106 valence electrons. The first kappa shape index (κ1) is 22.5. The van der Waals surface area contributed by atoms with Crippen molar-refractivity contribution in [2.75, 3.05) is 0 Å². The molecule has 0 aromatic heterocycles. The average Bonchev–Trinajstić information content (AvgIpc) is 2.12. The van der Waals surface area contributed by atoms with Crippen molar-refractivity contribution in [1.82, 2.24) is 0 Å². The molecule has 0 bridgehead atoms. The molecule has 17 heavy (non-hydrogen) atoms. The monoisotopic (exact) mass is 466 g/mol. The first-order chi connectivity index (χ1) is 7.52. The zero-order valence-corrected chi connectivity index (χ0v) is 20.0. The summed E-state index contributed by atoms with van der Waals surface area (Å²) in [5.41, 5.74) is 0.464. The Hall–Kier alpha value is 3.19. The van der Waals surface area contributed by atoms with E-state index >= 15 is 0 Å². The highest BCUT2D eigenvalue weighted by Crippen LogP contribution is 2.31. The van der Waals surface area contributed by atoms with Gasteiger partial charge < -0.3 is 0 Å². The molecule has 0 N–H and O–H groups in total. The molecule has 1 unspecified atom stereocenters. The quantitative estimate of drug-likeness (QED) is 0.372. The van der Waals surface area contributed by atoms with Crippen LogP contribution in [0.2, 0.25) is 23.7 Å². The molecular weight excluding hydrogens is 456 g/mol. The van der Waals surface area contributed by atoms with Gasteiger partial charge >= 0.3 is 12.0 Å². The van der Waals surface area contributed by atoms with E-state index in [0.29, 0.717) is 11.6 Å². The Morgan fingerprint density at radius 3 is 1.53 bits per heavy atom. The lowest BCUT2D eigenvalue weighted by Gasteiger charge is -2.10. The molecule has 0 spiro atoms. The Morgan fingerprint density at radius 1 is 0.941 bits per heavy atom. The molecule has 0 fully saturated rings. The van der Waals surface area contributed by atoms with E-state index in [9.17, 15) is 0 Å². The molecule has 0 aliphatic rings. The summed E-state index contributed by atoms with van der Waals surface area (Å²) in [6.45, 7) is 2.04. The van der Waals surface area contributed by atoms with E-state index in [4.69, 9.17) is 88.6 Å². The van der Waals surface area contributed by atoms with Crippen molar-refractivity contribution in [3.8, 4) is 0 Å². The van der Waals surface area contributed by atoms with E-state index < -0.39 is 29.7 Å². The van der Waals surface area contributed by atoms with Gasteiger partial charge in [-0.25, -0.2) is 0 Å². The SMILES string of the molecule is CC(C[Si](Cl)(Cl)Cl)[SiH2]Cl.Cl[SiH2]CC[Si](Cl)(Cl)Cl. The lowest BCUT2D eigenvalue weighted by Crippen LogP contribution is -2.12. The first-order valence-corrected chi connectivity index (χ1v) is 21.3. The van der Waals surface area contributed by atoms with Gasteiger partial charge in [-0.15, -0.1) is 66.5 Å². The van der Waals surface area contributed by atoms with Crippen LogP contribution in [0.4, 0.5) is 0 Å². The van der Waals surface area contributed by atoms with E-state index in [1.54, 1.807) is 0 Å². The topological polar surface area (TPSA) is 0 Å². The molecule has 0 aromatic rings. The van der Waals surface area contributed by atoms with Gasteiger partial charge in [0, 0.05) is 0 Å². The third kappa shape index (κ3) is 24.6. The van der Waals surface area contributed by atoms with Crippen molar-refractivity contribution in [2.24, 2.45) is 0 Å². The van der Waals surface area contributed by atoms with Gasteiger partial charge in [0.25, 0.3) is 0 Å². The highest BCUT2D eigenvalue weighted by atomic mass is 35.8. The number of hydrogen-bond acceptors (Lipinski definition) is 0. The summed E-state index contributed by atoms with van der Waals surface area (Å²) >= 11 is 44.7. The largest absolute Gasteiger partial charge is 0.341 e. The Balaban J connectivity index is 0. The van der Waals surface area contributed by atoms with Crippen molar-refractivity contribution in [1.29, 1.82) is 0 Å². The molecule has 0 saturated heterocycles. The Bertz CT molecular complexity index is 180. The van der Waals surface area contributed by atoms with Crippen molar-refractivity contribution >= 4 is 118 Å². The van der Waals surface area contributed by atoms with Crippen molar-refractivity contribution in [2.45, 2.75) is 30.6 Å². The smallest absolute Gasteiger partial charge is 0.176 e. The van der Waals surface area contributed by atoms with Crippen LogP contribution < -0.4 is 0 Å². The van der Waals surface area contributed by atoms with Gasteiger partial charge in [0.1, 0.15) is 17.7 Å². The van der Waals surface area contributed by atoms with Crippen LogP contribution in [-0.4, -0.2) is 29.7 Å². The van der Waals surface area contributed by atoms with E-state index in [-0.39, 0.29) is 0 Å². The highest BCUT2D eigenvalue weighted by molar-refractivity contribution is 7.65. The molecule has 0 amide bonds. The van der Waals surface area contributed by atoms with Crippen LogP contribution in [0.1, 0.15) is 6.92 Å². The molecule has 0 saturated carbocycles. The molecule has 0 nitrogen and oxygen atoms in total. The van der Waals surface area contributed by atoms with Crippen LogP contribution in [0.3, 0.4) is 0 Å². The summed E-state index contributed by atoms with van der Waals surface area (Å²) in [6.07, 6.45) is 0. The molecule has 0 radical (unpaired) electrons. The van der Waals surface area contributed by atoms with Crippen LogP contribution in [0.5, 0.6) is 0 Å². The lowest BCUT2D eigenvalue weighted by molar-refractivity contribution is 1.06. The Kier molecular flexibility index (Phi) is 15.6. The minimum Gasteiger partial charge on any atom is -0.176 e.